The number of methoxy groups -OCH3 is 1. The molecule has 0 bridgehead atoms. The van der Waals surface area contributed by atoms with Gasteiger partial charge in [0.1, 0.15) is 11.4 Å². The van der Waals surface area contributed by atoms with Crippen LogP contribution in [0.1, 0.15) is 17.3 Å². The van der Waals surface area contributed by atoms with Crippen LogP contribution in [-0.2, 0) is 6.54 Å². The van der Waals surface area contributed by atoms with E-state index in [1.807, 2.05) is 41.2 Å². The van der Waals surface area contributed by atoms with E-state index in [0.717, 1.165) is 54.3 Å². The fourth-order valence-electron chi connectivity index (χ4n) is 4.20. The molecule has 4 aromatic rings. The molecular formula is C23H25N5O2. The number of nitrogens with zero attached hydrogens (tertiary/aromatic N) is 5. The summed E-state index contributed by atoms with van der Waals surface area (Å²) in [6.45, 7) is 3.80. The summed E-state index contributed by atoms with van der Waals surface area (Å²) in [5, 5.41) is 9.01. The van der Waals surface area contributed by atoms with Crippen LogP contribution in [-0.4, -0.2) is 58.4 Å². The molecule has 1 fully saturated rings. The first-order valence-electron chi connectivity index (χ1n) is 10.1. The van der Waals surface area contributed by atoms with Crippen molar-refractivity contribution in [1.82, 2.24) is 24.6 Å². The summed E-state index contributed by atoms with van der Waals surface area (Å²) in [7, 11) is 3.85. The van der Waals surface area contributed by atoms with Gasteiger partial charge in [0.2, 0.25) is 0 Å². The van der Waals surface area contributed by atoms with E-state index in [4.69, 9.17) is 9.15 Å². The number of aromatic nitrogens is 3. The molecule has 0 N–H and O–H groups in total. The van der Waals surface area contributed by atoms with Gasteiger partial charge >= 0.3 is 0 Å². The Morgan fingerprint density at radius 3 is 2.87 bits per heavy atom. The maximum absolute atomic E-state index is 5.52. The Kier molecular flexibility index (Phi) is 4.98. The van der Waals surface area contributed by atoms with Crippen molar-refractivity contribution < 1.29 is 9.15 Å². The van der Waals surface area contributed by atoms with Crippen molar-refractivity contribution in [2.24, 2.45) is 0 Å². The summed E-state index contributed by atoms with van der Waals surface area (Å²) in [5.74, 6) is 0.846. The number of rotatable bonds is 5. The van der Waals surface area contributed by atoms with Crippen LogP contribution in [0, 0.1) is 0 Å². The van der Waals surface area contributed by atoms with Crippen molar-refractivity contribution >= 4 is 5.52 Å². The molecule has 5 rings (SSSR count). The lowest BCUT2D eigenvalue weighted by atomic mass is 10.0. The van der Waals surface area contributed by atoms with Crippen LogP contribution in [0.5, 0.6) is 5.75 Å². The van der Waals surface area contributed by atoms with Crippen LogP contribution in [0.3, 0.4) is 0 Å². The van der Waals surface area contributed by atoms with Crippen molar-refractivity contribution in [3.63, 3.8) is 0 Å². The molecule has 0 aliphatic carbocycles. The molecule has 0 saturated carbocycles. The first-order valence-corrected chi connectivity index (χ1v) is 10.1. The minimum atomic E-state index is 0.195. The molecule has 4 heterocycles. The number of fused-ring (bicyclic) bond motifs is 1. The highest BCUT2D eigenvalue weighted by atomic mass is 16.5. The van der Waals surface area contributed by atoms with Crippen LogP contribution in [0.25, 0.3) is 16.6 Å². The number of piperazine rings is 1. The van der Waals surface area contributed by atoms with Crippen molar-refractivity contribution in [3.8, 4) is 16.9 Å². The van der Waals surface area contributed by atoms with Crippen molar-refractivity contribution in [3.05, 3.63) is 72.4 Å². The lowest BCUT2D eigenvalue weighted by Crippen LogP contribution is -2.46. The van der Waals surface area contributed by atoms with E-state index in [1.165, 1.54) is 5.56 Å². The van der Waals surface area contributed by atoms with Gasteiger partial charge in [0.15, 0.2) is 0 Å². The molecule has 0 unspecified atom stereocenters. The third-order valence-corrected chi connectivity index (χ3v) is 5.89. The molecule has 7 nitrogen and oxygen atoms in total. The van der Waals surface area contributed by atoms with Crippen LogP contribution in [0.2, 0.25) is 0 Å². The van der Waals surface area contributed by atoms with Crippen molar-refractivity contribution in [2.75, 3.05) is 33.8 Å². The largest absolute Gasteiger partial charge is 0.496 e. The lowest BCUT2D eigenvalue weighted by molar-refractivity contribution is 0.0888. The first kappa shape index (κ1) is 18.8. The summed E-state index contributed by atoms with van der Waals surface area (Å²) >= 11 is 0. The minimum absolute atomic E-state index is 0.195. The number of pyridine rings is 1. The molecule has 30 heavy (non-hydrogen) atoms. The van der Waals surface area contributed by atoms with Gasteiger partial charge in [-0.05, 0) is 25.2 Å². The first-order chi connectivity index (χ1) is 14.7. The second-order valence-electron chi connectivity index (χ2n) is 7.79. The molecule has 1 aliphatic rings. The van der Waals surface area contributed by atoms with E-state index in [9.17, 15) is 0 Å². The normalized spacial score (nSPS) is 18.1. The Bertz CT molecular complexity index is 1140. The van der Waals surface area contributed by atoms with E-state index in [2.05, 4.69) is 45.4 Å². The quantitative estimate of drug-likeness (QED) is 0.508. The molecule has 1 aliphatic heterocycles. The average molecular weight is 403 g/mol. The molecule has 1 aromatic carbocycles. The van der Waals surface area contributed by atoms with E-state index in [1.54, 1.807) is 13.4 Å². The van der Waals surface area contributed by atoms with Gasteiger partial charge < -0.3 is 9.15 Å². The molecule has 1 saturated heterocycles. The van der Waals surface area contributed by atoms with Crippen LogP contribution < -0.4 is 4.74 Å². The van der Waals surface area contributed by atoms with Crippen LogP contribution >= 0.6 is 0 Å². The summed E-state index contributed by atoms with van der Waals surface area (Å²) in [4.78, 5) is 4.81. The lowest BCUT2D eigenvalue weighted by Gasteiger charge is -2.38. The number of benzene rings is 1. The Labute approximate surface area is 175 Å². The summed E-state index contributed by atoms with van der Waals surface area (Å²) < 4.78 is 12.6. The molecule has 154 valence electrons. The Hall–Kier alpha value is -3.16. The zero-order valence-corrected chi connectivity index (χ0v) is 17.2. The molecular weight excluding hydrogens is 378 g/mol. The topological polar surface area (TPSA) is 59.0 Å². The van der Waals surface area contributed by atoms with E-state index < -0.39 is 0 Å². The van der Waals surface area contributed by atoms with Gasteiger partial charge in [-0.15, -0.1) is 5.10 Å². The zero-order chi connectivity index (χ0) is 20.5. The fraction of sp³-hybridized carbons (Fsp3) is 0.304. The summed E-state index contributed by atoms with van der Waals surface area (Å²) in [6, 6.07) is 14.5. The molecule has 0 radical (unpaired) electrons. The van der Waals surface area contributed by atoms with Crippen LogP contribution in [0.4, 0.5) is 0 Å². The number of ether oxygens (including phenoxy) is 1. The number of hydrogen-bond donors (Lipinski definition) is 0. The predicted molar refractivity (Wildman–Crippen MR) is 114 cm³/mol. The monoisotopic (exact) mass is 403 g/mol. The maximum Gasteiger partial charge on any atom is 0.126 e. The van der Waals surface area contributed by atoms with Crippen LogP contribution in [0.15, 0.2) is 65.6 Å². The molecule has 0 spiro atoms. The van der Waals surface area contributed by atoms with Crippen molar-refractivity contribution in [1.29, 1.82) is 0 Å². The highest BCUT2D eigenvalue weighted by Crippen LogP contribution is 2.31. The standard InChI is InChI=1S/C23H25N5O2/c1-26-10-11-27(13-17-9-12-30-16-17)15-21(26)23-20-8-7-18(14-28(20)25-24-23)19-5-3-4-6-22(19)29-2/h3-9,12,14,16,21H,10-11,13,15H2,1-2H3/t21-/m1/s1. The van der Waals surface area contributed by atoms with Gasteiger partial charge in [0.25, 0.3) is 0 Å². The van der Waals surface area contributed by atoms with Crippen molar-refractivity contribution in [2.45, 2.75) is 12.6 Å². The average Bonchev–Trinajstić information content (AvgIpc) is 3.44. The third kappa shape index (κ3) is 3.46. The number of hydrogen-bond acceptors (Lipinski definition) is 6. The van der Waals surface area contributed by atoms with Gasteiger partial charge in [-0.2, -0.15) is 0 Å². The molecule has 1 atom stereocenters. The van der Waals surface area contributed by atoms with E-state index >= 15 is 0 Å². The second-order valence-corrected chi connectivity index (χ2v) is 7.79. The maximum atomic E-state index is 5.52. The van der Waals surface area contributed by atoms with Gasteiger partial charge in [-0.3, -0.25) is 9.80 Å². The highest BCUT2D eigenvalue weighted by Gasteiger charge is 2.29. The zero-order valence-electron chi connectivity index (χ0n) is 17.2. The Morgan fingerprint density at radius 2 is 2.03 bits per heavy atom. The third-order valence-electron chi connectivity index (χ3n) is 5.89. The molecule has 0 amide bonds. The van der Waals surface area contributed by atoms with Gasteiger partial charge in [-0.25, -0.2) is 4.52 Å². The minimum Gasteiger partial charge on any atom is -0.496 e. The fourth-order valence-corrected chi connectivity index (χ4v) is 4.20. The highest BCUT2D eigenvalue weighted by molar-refractivity contribution is 5.71. The molecule has 7 heteroatoms. The van der Waals surface area contributed by atoms with E-state index in [-0.39, 0.29) is 6.04 Å². The predicted octanol–water partition coefficient (Wildman–Crippen LogP) is 3.49. The Morgan fingerprint density at radius 1 is 1.13 bits per heavy atom. The number of para-hydroxylation sites is 1. The number of furan rings is 1. The van der Waals surface area contributed by atoms with Gasteiger partial charge in [0, 0.05) is 49.1 Å². The molecule has 3 aromatic heterocycles. The number of likely N-dealkylation sites (N-methyl/N-ethyl adjacent to an activating group) is 1. The summed E-state index contributed by atoms with van der Waals surface area (Å²) in [5.41, 5.74) is 5.35. The summed E-state index contributed by atoms with van der Waals surface area (Å²) in [6.07, 6.45) is 5.57. The van der Waals surface area contributed by atoms with Gasteiger partial charge in [-0.1, -0.05) is 29.5 Å². The smallest absolute Gasteiger partial charge is 0.126 e. The SMILES string of the molecule is COc1ccccc1-c1ccc2c([C@H]3CN(Cc4ccoc4)CCN3C)nnn2c1. The van der Waals surface area contributed by atoms with E-state index in [0.29, 0.717) is 0 Å². The second kappa shape index (κ2) is 7.93. The Balaban J connectivity index is 1.44. The van der Waals surface area contributed by atoms with Gasteiger partial charge in [0.05, 0.1) is 31.2 Å².